The van der Waals surface area contributed by atoms with Crippen molar-refractivity contribution >= 4 is 11.5 Å². The Morgan fingerprint density at radius 1 is 1.30 bits per heavy atom. The molecule has 2 aromatic rings. The van der Waals surface area contributed by atoms with Gasteiger partial charge in [0.25, 0.3) is 0 Å². The van der Waals surface area contributed by atoms with Gasteiger partial charge in [0.2, 0.25) is 5.91 Å². The van der Waals surface area contributed by atoms with Crippen molar-refractivity contribution in [1.82, 2.24) is 10.1 Å². The lowest BCUT2D eigenvalue weighted by molar-refractivity contribution is -0.130. The van der Waals surface area contributed by atoms with Gasteiger partial charge in [0, 0.05) is 18.7 Å². The van der Waals surface area contributed by atoms with Gasteiger partial charge in [-0.25, -0.2) is 4.39 Å². The molecule has 1 aromatic carbocycles. The van der Waals surface area contributed by atoms with Crippen molar-refractivity contribution in [3.05, 3.63) is 58.7 Å². The van der Waals surface area contributed by atoms with Gasteiger partial charge in [-0.05, 0) is 43.5 Å². The summed E-state index contributed by atoms with van der Waals surface area (Å²) in [5.41, 5.74) is 3.83. The number of amides is 1. The maximum atomic E-state index is 13.0. The second-order valence-corrected chi connectivity index (χ2v) is 5.81. The van der Waals surface area contributed by atoms with Crippen molar-refractivity contribution in [3.8, 4) is 0 Å². The molecule has 0 saturated heterocycles. The van der Waals surface area contributed by atoms with Gasteiger partial charge in [-0.2, -0.15) is 0 Å². The number of aryl methyl sites for hydroxylation is 2. The molecule has 0 saturated carbocycles. The molecular weight excluding hydrogens is 295 g/mol. The molecule has 1 aromatic heterocycles. The summed E-state index contributed by atoms with van der Waals surface area (Å²) < 4.78 is 18.1. The molecule has 4 nitrogen and oxygen atoms in total. The summed E-state index contributed by atoms with van der Waals surface area (Å²) in [6.45, 7) is 4.92. The second kappa shape index (κ2) is 6.36. The van der Waals surface area contributed by atoms with E-state index >= 15 is 0 Å². The third-order valence-corrected chi connectivity index (χ3v) is 4.29. The zero-order valence-electron chi connectivity index (χ0n) is 13.3. The average molecular weight is 314 g/mol. The fraction of sp³-hybridized carbons (Fsp3) is 0.333. The molecule has 0 bridgehead atoms. The highest BCUT2D eigenvalue weighted by Gasteiger charge is 2.21. The molecule has 120 valence electrons. The first-order valence-electron chi connectivity index (χ1n) is 7.69. The first kappa shape index (κ1) is 15.5. The van der Waals surface area contributed by atoms with Gasteiger partial charge in [-0.3, -0.25) is 4.79 Å². The molecule has 0 spiro atoms. The third-order valence-electron chi connectivity index (χ3n) is 4.29. The van der Waals surface area contributed by atoms with Crippen LogP contribution in [0.2, 0.25) is 0 Å². The predicted molar refractivity (Wildman–Crippen MR) is 85.3 cm³/mol. The first-order chi connectivity index (χ1) is 11.0. The van der Waals surface area contributed by atoms with Gasteiger partial charge in [-0.15, -0.1) is 0 Å². The lowest BCUT2D eigenvalue weighted by Gasteiger charge is -2.26. The number of carbonyl (C=O) groups is 1. The topological polar surface area (TPSA) is 46.3 Å². The quantitative estimate of drug-likeness (QED) is 0.873. The van der Waals surface area contributed by atoms with E-state index in [-0.39, 0.29) is 11.7 Å². The number of rotatable bonds is 3. The van der Waals surface area contributed by atoms with E-state index in [1.54, 1.807) is 12.1 Å². The Balaban J connectivity index is 1.66. The van der Waals surface area contributed by atoms with Gasteiger partial charge in [0.15, 0.2) is 0 Å². The highest BCUT2D eigenvalue weighted by Crippen LogP contribution is 2.23. The van der Waals surface area contributed by atoms with Gasteiger partial charge in [-0.1, -0.05) is 23.4 Å². The molecule has 1 amide bonds. The zero-order chi connectivity index (χ0) is 16.4. The number of benzene rings is 1. The van der Waals surface area contributed by atoms with E-state index in [4.69, 9.17) is 4.52 Å². The SMILES string of the molecule is Cc1noc(C)c1CC(=O)N1CC=C(c2ccc(F)cc2)CC1. The standard InChI is InChI=1S/C18H19FN2O2/c1-12-17(13(2)23-20-12)11-18(22)21-9-7-15(8-10-21)14-3-5-16(19)6-4-14/h3-7H,8-11H2,1-2H3. The third kappa shape index (κ3) is 3.33. The molecule has 0 N–H and O–H groups in total. The van der Waals surface area contributed by atoms with E-state index in [1.165, 1.54) is 12.1 Å². The molecule has 0 radical (unpaired) electrons. The molecule has 2 heterocycles. The van der Waals surface area contributed by atoms with Gasteiger partial charge < -0.3 is 9.42 Å². The van der Waals surface area contributed by atoms with Crippen LogP contribution in [0.5, 0.6) is 0 Å². The summed E-state index contributed by atoms with van der Waals surface area (Å²) in [5, 5.41) is 3.88. The Labute approximate surface area is 134 Å². The minimum atomic E-state index is -0.235. The number of halogens is 1. The molecule has 0 aliphatic carbocycles. The van der Waals surface area contributed by atoms with E-state index in [2.05, 4.69) is 5.16 Å². The normalized spacial score (nSPS) is 14.7. The summed E-state index contributed by atoms with van der Waals surface area (Å²) >= 11 is 0. The van der Waals surface area contributed by atoms with E-state index in [0.717, 1.165) is 28.8 Å². The Morgan fingerprint density at radius 2 is 2.04 bits per heavy atom. The monoisotopic (exact) mass is 314 g/mol. The largest absolute Gasteiger partial charge is 0.361 e. The maximum absolute atomic E-state index is 13.0. The summed E-state index contributed by atoms with van der Waals surface area (Å²) in [6.07, 6.45) is 3.14. The van der Waals surface area contributed by atoms with Crippen molar-refractivity contribution in [2.45, 2.75) is 26.7 Å². The molecule has 1 aliphatic rings. The number of nitrogens with zero attached hydrogens (tertiary/aromatic N) is 2. The first-order valence-corrected chi connectivity index (χ1v) is 7.69. The van der Waals surface area contributed by atoms with Crippen molar-refractivity contribution < 1.29 is 13.7 Å². The Kier molecular flexibility index (Phi) is 4.28. The highest BCUT2D eigenvalue weighted by atomic mass is 19.1. The fourth-order valence-electron chi connectivity index (χ4n) is 2.84. The predicted octanol–water partition coefficient (Wildman–Crippen LogP) is 3.29. The molecule has 0 unspecified atom stereocenters. The summed E-state index contributed by atoms with van der Waals surface area (Å²) in [7, 11) is 0. The van der Waals surface area contributed by atoms with Crippen molar-refractivity contribution in [2.75, 3.05) is 13.1 Å². The van der Waals surface area contributed by atoms with Crippen molar-refractivity contribution in [3.63, 3.8) is 0 Å². The fourth-order valence-corrected chi connectivity index (χ4v) is 2.84. The maximum Gasteiger partial charge on any atom is 0.227 e. The van der Waals surface area contributed by atoms with Crippen LogP contribution in [-0.2, 0) is 11.2 Å². The second-order valence-electron chi connectivity index (χ2n) is 5.81. The average Bonchev–Trinajstić information content (AvgIpc) is 2.87. The van der Waals surface area contributed by atoms with Crippen LogP contribution >= 0.6 is 0 Å². The molecule has 1 aliphatic heterocycles. The van der Waals surface area contributed by atoms with Crippen LogP contribution in [0.15, 0.2) is 34.9 Å². The molecule has 0 atom stereocenters. The number of hydrogen-bond donors (Lipinski definition) is 0. The van der Waals surface area contributed by atoms with E-state index in [1.807, 2.05) is 24.8 Å². The number of aromatic nitrogens is 1. The van der Waals surface area contributed by atoms with Crippen LogP contribution < -0.4 is 0 Å². The molecular formula is C18H19FN2O2. The Hall–Kier alpha value is -2.43. The van der Waals surface area contributed by atoms with E-state index in [9.17, 15) is 9.18 Å². The van der Waals surface area contributed by atoms with Crippen LogP contribution in [-0.4, -0.2) is 29.1 Å². The number of carbonyl (C=O) groups excluding carboxylic acids is 1. The lowest BCUT2D eigenvalue weighted by Crippen LogP contribution is -2.35. The van der Waals surface area contributed by atoms with Crippen LogP contribution in [0.4, 0.5) is 4.39 Å². The Bertz CT molecular complexity index is 727. The molecule has 23 heavy (non-hydrogen) atoms. The van der Waals surface area contributed by atoms with Crippen LogP contribution in [0.3, 0.4) is 0 Å². The minimum Gasteiger partial charge on any atom is -0.361 e. The highest BCUT2D eigenvalue weighted by molar-refractivity contribution is 5.80. The van der Waals surface area contributed by atoms with Crippen molar-refractivity contribution in [2.24, 2.45) is 0 Å². The Morgan fingerprint density at radius 3 is 2.61 bits per heavy atom. The van der Waals surface area contributed by atoms with Gasteiger partial charge in [0.1, 0.15) is 11.6 Å². The van der Waals surface area contributed by atoms with Crippen LogP contribution in [0, 0.1) is 19.7 Å². The lowest BCUT2D eigenvalue weighted by atomic mass is 9.99. The molecule has 3 rings (SSSR count). The van der Waals surface area contributed by atoms with Gasteiger partial charge in [0.05, 0.1) is 12.1 Å². The van der Waals surface area contributed by atoms with Crippen LogP contribution in [0.25, 0.3) is 5.57 Å². The van der Waals surface area contributed by atoms with Gasteiger partial charge >= 0.3 is 0 Å². The van der Waals surface area contributed by atoms with Crippen LogP contribution in [0.1, 0.15) is 29.0 Å². The zero-order valence-corrected chi connectivity index (χ0v) is 13.3. The molecule has 5 heteroatoms. The summed E-state index contributed by atoms with van der Waals surface area (Å²) in [5.74, 6) is 0.547. The van der Waals surface area contributed by atoms with E-state index < -0.39 is 0 Å². The number of hydrogen-bond acceptors (Lipinski definition) is 3. The van der Waals surface area contributed by atoms with E-state index in [0.29, 0.717) is 25.3 Å². The smallest absolute Gasteiger partial charge is 0.227 e. The summed E-state index contributed by atoms with van der Waals surface area (Å²) in [6, 6.07) is 6.49. The minimum absolute atomic E-state index is 0.0776. The summed E-state index contributed by atoms with van der Waals surface area (Å²) in [4.78, 5) is 14.3. The molecule has 0 fully saturated rings. The van der Waals surface area contributed by atoms with Crippen molar-refractivity contribution in [1.29, 1.82) is 0 Å².